The largest absolute Gasteiger partial charge is 0.466 e. The van der Waals surface area contributed by atoms with E-state index in [1.165, 1.54) is 13.2 Å². The van der Waals surface area contributed by atoms with E-state index in [4.69, 9.17) is 23.7 Å². The number of ether oxygens (including phenoxy) is 5. The van der Waals surface area contributed by atoms with Crippen molar-refractivity contribution in [3.05, 3.63) is 47.7 Å². The van der Waals surface area contributed by atoms with E-state index < -0.39 is 47.6 Å². The van der Waals surface area contributed by atoms with Crippen LogP contribution in [0.5, 0.6) is 0 Å². The predicted molar refractivity (Wildman–Crippen MR) is 126 cm³/mol. The summed E-state index contributed by atoms with van der Waals surface area (Å²) in [5.41, 5.74) is -1.14. The van der Waals surface area contributed by atoms with Gasteiger partial charge in [0.05, 0.1) is 13.2 Å². The van der Waals surface area contributed by atoms with Crippen molar-refractivity contribution >= 4 is 12.1 Å². The molecule has 1 N–H and O–H groups in total. The number of methoxy groups -OCH3 is 1. The van der Waals surface area contributed by atoms with Crippen molar-refractivity contribution in [2.75, 3.05) is 27.1 Å². The fraction of sp³-hybridized carbons (Fsp3) is 0.600. The summed E-state index contributed by atoms with van der Waals surface area (Å²) >= 11 is 0. The van der Waals surface area contributed by atoms with Crippen LogP contribution in [0, 0.1) is 5.41 Å². The van der Waals surface area contributed by atoms with Gasteiger partial charge in [-0.3, -0.25) is 0 Å². The summed E-state index contributed by atoms with van der Waals surface area (Å²) in [5, 5.41) is 1.96. The number of alkyl carbamates (subject to hydrolysis) is 1. The fourth-order valence-corrected chi connectivity index (χ4v) is 2.61. The summed E-state index contributed by atoms with van der Waals surface area (Å²) in [6.45, 7) is 9.33. The molecule has 0 heterocycles. The van der Waals surface area contributed by atoms with Crippen LogP contribution in [0.4, 0.5) is 13.6 Å². The van der Waals surface area contributed by atoms with Crippen LogP contribution in [0.15, 0.2) is 42.2 Å². The second-order valence-electron chi connectivity index (χ2n) is 9.83. The van der Waals surface area contributed by atoms with E-state index in [0.29, 0.717) is 5.56 Å². The molecule has 8 nitrogen and oxygen atoms in total. The molecule has 35 heavy (non-hydrogen) atoms. The third kappa shape index (κ3) is 12.0. The number of amides is 1. The van der Waals surface area contributed by atoms with Crippen LogP contribution < -0.4 is 5.32 Å². The molecule has 0 aliphatic heterocycles. The third-order valence-electron chi connectivity index (χ3n) is 4.11. The van der Waals surface area contributed by atoms with E-state index in [2.05, 4.69) is 0 Å². The SMILES string of the molecule is COCCOCO/C(=C\C(C)(C)C)C(F)(F)C(NC(=O)OC(C)(C)C)C(=O)OCc1ccccc1. The zero-order valence-corrected chi connectivity index (χ0v) is 21.5. The third-order valence-corrected chi connectivity index (χ3v) is 4.11. The van der Waals surface area contributed by atoms with Gasteiger partial charge in [0.25, 0.3) is 0 Å². The summed E-state index contributed by atoms with van der Waals surface area (Å²) in [6.07, 6.45) is -0.0358. The van der Waals surface area contributed by atoms with Crippen molar-refractivity contribution < 1.29 is 42.1 Å². The van der Waals surface area contributed by atoms with Crippen LogP contribution in [0.3, 0.4) is 0 Å². The number of halogens is 2. The van der Waals surface area contributed by atoms with Crippen LogP contribution in [-0.2, 0) is 35.1 Å². The smallest absolute Gasteiger partial charge is 0.408 e. The topological polar surface area (TPSA) is 92.3 Å². The van der Waals surface area contributed by atoms with Gasteiger partial charge in [-0.15, -0.1) is 0 Å². The molecule has 0 spiro atoms. The van der Waals surface area contributed by atoms with Gasteiger partial charge in [-0.25, -0.2) is 9.59 Å². The average Bonchev–Trinajstić information content (AvgIpc) is 2.73. The van der Waals surface area contributed by atoms with Crippen LogP contribution in [-0.4, -0.2) is 56.7 Å². The Labute approximate surface area is 205 Å². The summed E-state index contributed by atoms with van der Waals surface area (Å²) in [6, 6.07) is 6.13. The molecule has 1 aromatic carbocycles. The molecule has 1 atom stereocenters. The number of hydrogen-bond acceptors (Lipinski definition) is 7. The Morgan fingerprint density at radius 3 is 2.17 bits per heavy atom. The van der Waals surface area contributed by atoms with Crippen LogP contribution in [0.1, 0.15) is 47.1 Å². The molecule has 0 aromatic heterocycles. The van der Waals surface area contributed by atoms with E-state index in [1.54, 1.807) is 71.9 Å². The summed E-state index contributed by atoms with van der Waals surface area (Å²) in [4.78, 5) is 25.2. The molecular weight excluding hydrogens is 464 g/mol. The first kappa shape index (κ1) is 30.3. The zero-order valence-electron chi connectivity index (χ0n) is 21.5. The lowest BCUT2D eigenvalue weighted by Gasteiger charge is -2.30. The number of carbonyl (C=O) groups is 2. The van der Waals surface area contributed by atoms with Gasteiger partial charge < -0.3 is 29.0 Å². The molecule has 0 aliphatic rings. The molecule has 0 bridgehead atoms. The number of alkyl halides is 2. The van der Waals surface area contributed by atoms with Crippen molar-refractivity contribution in [1.82, 2.24) is 5.32 Å². The fourth-order valence-electron chi connectivity index (χ4n) is 2.61. The lowest BCUT2D eigenvalue weighted by Crippen LogP contribution is -2.55. The van der Waals surface area contributed by atoms with E-state index in [-0.39, 0.29) is 19.8 Å². The van der Waals surface area contributed by atoms with Crippen molar-refractivity contribution in [2.24, 2.45) is 5.41 Å². The van der Waals surface area contributed by atoms with Gasteiger partial charge in [-0.2, -0.15) is 8.78 Å². The highest BCUT2D eigenvalue weighted by atomic mass is 19.3. The zero-order chi connectivity index (χ0) is 26.7. The van der Waals surface area contributed by atoms with Gasteiger partial charge in [-0.1, -0.05) is 51.1 Å². The Morgan fingerprint density at radius 1 is 1.00 bits per heavy atom. The molecule has 1 rings (SSSR count). The maximum Gasteiger partial charge on any atom is 0.408 e. The molecule has 198 valence electrons. The molecule has 0 saturated carbocycles. The van der Waals surface area contributed by atoms with Gasteiger partial charge >= 0.3 is 18.0 Å². The maximum absolute atomic E-state index is 15.8. The number of esters is 1. The minimum Gasteiger partial charge on any atom is -0.466 e. The van der Waals surface area contributed by atoms with Gasteiger partial charge in [0.15, 0.2) is 12.6 Å². The van der Waals surface area contributed by atoms with Crippen LogP contribution in [0.25, 0.3) is 0 Å². The maximum atomic E-state index is 15.8. The molecule has 1 aromatic rings. The van der Waals surface area contributed by atoms with Crippen molar-refractivity contribution in [1.29, 1.82) is 0 Å². The molecule has 10 heteroatoms. The molecule has 1 amide bonds. The van der Waals surface area contributed by atoms with E-state index in [1.807, 2.05) is 5.32 Å². The Hall–Kier alpha value is -2.72. The molecule has 0 radical (unpaired) electrons. The van der Waals surface area contributed by atoms with Crippen LogP contribution >= 0.6 is 0 Å². The highest BCUT2D eigenvalue weighted by Crippen LogP contribution is 2.34. The standard InChI is InChI=1S/C25H37F2NO7/c1-23(2,3)15-19(34-17-32-14-13-31-7)25(26,27)20(28-22(30)35-24(4,5)6)21(29)33-16-18-11-9-8-10-12-18/h8-12,15,20H,13-14,16-17H2,1-7H3,(H,28,30)/b19-15-. The average molecular weight is 502 g/mol. The first-order valence-corrected chi connectivity index (χ1v) is 11.2. The minimum absolute atomic E-state index is 0.115. The van der Waals surface area contributed by atoms with Gasteiger partial charge in [0, 0.05) is 7.11 Å². The van der Waals surface area contributed by atoms with E-state index >= 15 is 8.78 Å². The summed E-state index contributed by atoms with van der Waals surface area (Å²) < 4.78 is 57.0. The van der Waals surface area contributed by atoms with Crippen LogP contribution in [0.2, 0.25) is 0 Å². The van der Waals surface area contributed by atoms with Crippen molar-refractivity contribution in [2.45, 2.75) is 65.7 Å². The molecule has 0 fully saturated rings. The molecule has 0 aliphatic carbocycles. The Kier molecular flexibility index (Phi) is 11.6. The minimum atomic E-state index is -4.00. The normalized spacial score (nSPS) is 13.7. The van der Waals surface area contributed by atoms with Crippen molar-refractivity contribution in [3.8, 4) is 0 Å². The first-order valence-electron chi connectivity index (χ1n) is 11.2. The number of hydrogen-bond donors (Lipinski definition) is 1. The van der Waals surface area contributed by atoms with E-state index in [0.717, 1.165) is 0 Å². The second-order valence-corrected chi connectivity index (χ2v) is 9.83. The van der Waals surface area contributed by atoms with Gasteiger partial charge in [-0.05, 0) is 37.8 Å². The predicted octanol–water partition coefficient (Wildman–Crippen LogP) is 4.83. The van der Waals surface area contributed by atoms with Gasteiger partial charge in [0.1, 0.15) is 12.2 Å². The Balaban J connectivity index is 3.22. The second kappa shape index (κ2) is 13.4. The number of allylic oxidation sites excluding steroid dienone is 1. The number of nitrogens with one attached hydrogen (secondary N) is 1. The molecule has 1 unspecified atom stereocenters. The lowest BCUT2D eigenvalue weighted by molar-refractivity contribution is -0.161. The summed E-state index contributed by atoms with van der Waals surface area (Å²) in [7, 11) is 1.47. The first-order chi connectivity index (χ1) is 16.2. The number of rotatable bonds is 12. The molecular formula is C25H37F2NO7. The van der Waals surface area contributed by atoms with E-state index in [9.17, 15) is 9.59 Å². The Bertz CT molecular complexity index is 830. The lowest BCUT2D eigenvalue weighted by atomic mass is 9.93. The monoisotopic (exact) mass is 501 g/mol. The quantitative estimate of drug-likeness (QED) is 0.190. The summed E-state index contributed by atoms with van der Waals surface area (Å²) in [5.74, 6) is -6.20. The number of benzene rings is 1. The molecule has 0 saturated heterocycles. The highest BCUT2D eigenvalue weighted by Gasteiger charge is 2.52. The van der Waals surface area contributed by atoms with Crippen molar-refractivity contribution in [3.63, 3.8) is 0 Å². The highest BCUT2D eigenvalue weighted by molar-refractivity contribution is 5.83. The Morgan fingerprint density at radius 2 is 1.63 bits per heavy atom. The van der Waals surface area contributed by atoms with Gasteiger partial charge in [0.2, 0.25) is 6.04 Å². The number of carbonyl (C=O) groups excluding carboxylic acids is 2.